The van der Waals surface area contributed by atoms with Crippen molar-refractivity contribution < 1.29 is 14.3 Å². The number of benzene rings is 1. The van der Waals surface area contributed by atoms with Crippen LogP contribution < -0.4 is 20.3 Å². The minimum Gasteiger partial charge on any atom is -0.492 e. The molecule has 29 heavy (non-hydrogen) atoms. The van der Waals surface area contributed by atoms with Crippen LogP contribution in [0.1, 0.15) is 23.0 Å². The summed E-state index contributed by atoms with van der Waals surface area (Å²) in [7, 11) is 2.13. The van der Waals surface area contributed by atoms with Crippen LogP contribution in [-0.4, -0.2) is 63.1 Å². The first-order valence-corrected chi connectivity index (χ1v) is 10.8. The summed E-state index contributed by atoms with van der Waals surface area (Å²) in [5, 5.41) is 7.52. The Bertz CT molecular complexity index is 817. The molecule has 0 aliphatic carbocycles. The lowest BCUT2D eigenvalue weighted by Crippen LogP contribution is -2.44. The van der Waals surface area contributed by atoms with Crippen molar-refractivity contribution in [3.63, 3.8) is 0 Å². The normalized spacial score (nSPS) is 14.5. The smallest absolute Gasteiger partial charge is 0.261 e. The number of amides is 2. The molecule has 8 heteroatoms. The molecule has 1 aliphatic rings. The molecule has 0 saturated carbocycles. The highest BCUT2D eigenvalue weighted by Gasteiger charge is 2.17. The highest BCUT2D eigenvalue weighted by Crippen LogP contribution is 2.30. The molecular formula is C21H28N4O3S. The third-order valence-electron chi connectivity index (χ3n) is 4.79. The summed E-state index contributed by atoms with van der Waals surface area (Å²) in [4.78, 5) is 29.5. The topological polar surface area (TPSA) is 73.9 Å². The molecule has 156 valence electrons. The van der Waals surface area contributed by atoms with Crippen molar-refractivity contribution in [2.45, 2.75) is 13.3 Å². The van der Waals surface area contributed by atoms with Crippen molar-refractivity contribution in [1.29, 1.82) is 0 Å². The molecule has 1 saturated heterocycles. The van der Waals surface area contributed by atoms with Gasteiger partial charge in [0.2, 0.25) is 5.91 Å². The standard InChI is InChI=1S/C21H28N4O3S/c1-3-28-18-15-16(25-12-10-24(2)11-13-25)6-7-17(18)23-20(26)8-9-22-21(27)19-5-4-14-29-19/h4-7,14-15H,3,8-13H2,1-2H3,(H,22,27)(H,23,26). The van der Waals surface area contributed by atoms with E-state index in [1.54, 1.807) is 6.07 Å². The Balaban J connectivity index is 1.56. The highest BCUT2D eigenvalue weighted by molar-refractivity contribution is 7.12. The predicted molar refractivity (Wildman–Crippen MR) is 117 cm³/mol. The maximum absolute atomic E-state index is 12.3. The summed E-state index contributed by atoms with van der Waals surface area (Å²) in [5.41, 5.74) is 1.75. The van der Waals surface area contributed by atoms with Gasteiger partial charge in [-0.05, 0) is 37.6 Å². The molecule has 1 fully saturated rings. The number of rotatable bonds is 8. The third kappa shape index (κ3) is 5.95. The Morgan fingerprint density at radius 2 is 1.97 bits per heavy atom. The maximum Gasteiger partial charge on any atom is 0.261 e. The van der Waals surface area contributed by atoms with Gasteiger partial charge in [0.25, 0.3) is 5.91 Å². The summed E-state index contributed by atoms with van der Waals surface area (Å²) < 4.78 is 5.76. The van der Waals surface area contributed by atoms with Crippen molar-refractivity contribution in [2.24, 2.45) is 0 Å². The quantitative estimate of drug-likeness (QED) is 0.692. The van der Waals surface area contributed by atoms with Crippen LogP contribution in [0.15, 0.2) is 35.7 Å². The van der Waals surface area contributed by atoms with Crippen LogP contribution in [0.4, 0.5) is 11.4 Å². The second-order valence-corrected chi connectivity index (χ2v) is 7.88. The van der Waals surface area contributed by atoms with Crippen LogP contribution in [0.3, 0.4) is 0 Å². The summed E-state index contributed by atoms with van der Waals surface area (Å²) in [6.07, 6.45) is 0.197. The molecule has 2 heterocycles. The summed E-state index contributed by atoms with van der Waals surface area (Å²) in [6.45, 7) is 6.72. The van der Waals surface area contributed by atoms with Crippen LogP contribution in [0, 0.1) is 0 Å². The fraction of sp³-hybridized carbons (Fsp3) is 0.429. The van der Waals surface area contributed by atoms with Gasteiger partial charge in [0, 0.05) is 50.9 Å². The van der Waals surface area contributed by atoms with Crippen molar-refractivity contribution in [2.75, 3.05) is 56.6 Å². The van der Waals surface area contributed by atoms with Gasteiger partial charge in [0.1, 0.15) is 5.75 Å². The number of piperazine rings is 1. The van der Waals surface area contributed by atoms with Crippen LogP contribution in [-0.2, 0) is 4.79 Å². The molecule has 1 aliphatic heterocycles. The second kappa shape index (κ2) is 10.3. The van der Waals surface area contributed by atoms with Gasteiger partial charge in [-0.1, -0.05) is 6.07 Å². The van der Waals surface area contributed by atoms with E-state index >= 15 is 0 Å². The van der Waals surface area contributed by atoms with Crippen LogP contribution in [0.5, 0.6) is 5.75 Å². The molecule has 2 N–H and O–H groups in total. The molecule has 1 aromatic heterocycles. The number of ether oxygens (including phenoxy) is 1. The Hall–Kier alpha value is -2.58. The van der Waals surface area contributed by atoms with E-state index in [4.69, 9.17) is 4.74 Å². The average molecular weight is 417 g/mol. The Labute approximate surface area is 175 Å². The third-order valence-corrected chi connectivity index (χ3v) is 5.66. The van der Waals surface area contributed by atoms with E-state index < -0.39 is 0 Å². The number of nitrogens with one attached hydrogen (secondary N) is 2. The number of likely N-dealkylation sites (N-methyl/N-ethyl adjacent to an activating group) is 1. The van der Waals surface area contributed by atoms with Gasteiger partial charge < -0.3 is 25.2 Å². The number of hydrogen-bond donors (Lipinski definition) is 2. The van der Waals surface area contributed by atoms with E-state index in [-0.39, 0.29) is 24.8 Å². The second-order valence-electron chi connectivity index (χ2n) is 6.94. The lowest BCUT2D eigenvalue weighted by atomic mass is 10.2. The summed E-state index contributed by atoms with van der Waals surface area (Å²) >= 11 is 1.38. The van der Waals surface area contributed by atoms with Gasteiger partial charge in [-0.2, -0.15) is 0 Å². The number of nitrogens with zero attached hydrogens (tertiary/aromatic N) is 2. The van der Waals surface area contributed by atoms with E-state index in [1.807, 2.05) is 36.6 Å². The Kier molecular flexibility index (Phi) is 7.48. The van der Waals surface area contributed by atoms with Crippen molar-refractivity contribution >= 4 is 34.5 Å². The highest BCUT2D eigenvalue weighted by atomic mass is 32.1. The fourth-order valence-electron chi connectivity index (χ4n) is 3.15. The van der Waals surface area contributed by atoms with E-state index in [1.165, 1.54) is 11.3 Å². The summed E-state index contributed by atoms with van der Waals surface area (Å²) in [6, 6.07) is 9.48. The maximum atomic E-state index is 12.3. The largest absolute Gasteiger partial charge is 0.492 e. The molecule has 2 aromatic rings. The molecular weight excluding hydrogens is 388 g/mol. The Morgan fingerprint density at radius 3 is 2.66 bits per heavy atom. The van der Waals surface area contributed by atoms with Crippen molar-refractivity contribution in [3.8, 4) is 5.75 Å². The monoisotopic (exact) mass is 416 g/mol. The van der Waals surface area contributed by atoms with Gasteiger partial charge in [-0.25, -0.2) is 0 Å². The number of thiophene rings is 1. The molecule has 3 rings (SSSR count). The van der Waals surface area contributed by atoms with E-state index in [0.29, 0.717) is 22.9 Å². The first kappa shape index (κ1) is 21.1. The van der Waals surface area contributed by atoms with Gasteiger partial charge in [-0.15, -0.1) is 11.3 Å². The number of anilines is 2. The van der Waals surface area contributed by atoms with Gasteiger partial charge in [-0.3, -0.25) is 9.59 Å². The Morgan fingerprint density at radius 1 is 1.17 bits per heavy atom. The zero-order valence-electron chi connectivity index (χ0n) is 16.9. The van der Waals surface area contributed by atoms with E-state index in [2.05, 4.69) is 27.5 Å². The SMILES string of the molecule is CCOc1cc(N2CCN(C)CC2)ccc1NC(=O)CCNC(=O)c1cccs1. The van der Waals surface area contributed by atoms with E-state index in [0.717, 1.165) is 31.9 Å². The lowest BCUT2D eigenvalue weighted by Gasteiger charge is -2.34. The van der Waals surface area contributed by atoms with E-state index in [9.17, 15) is 9.59 Å². The van der Waals surface area contributed by atoms with Gasteiger partial charge in [0.15, 0.2) is 0 Å². The van der Waals surface area contributed by atoms with Crippen LogP contribution in [0.2, 0.25) is 0 Å². The lowest BCUT2D eigenvalue weighted by molar-refractivity contribution is -0.116. The minimum atomic E-state index is -0.162. The predicted octanol–water partition coefficient (Wildman–Crippen LogP) is 2.66. The molecule has 0 radical (unpaired) electrons. The number of carbonyl (C=O) groups excluding carboxylic acids is 2. The van der Waals surface area contributed by atoms with Gasteiger partial charge in [0.05, 0.1) is 17.2 Å². The first-order valence-electron chi connectivity index (χ1n) is 9.88. The molecule has 0 unspecified atom stereocenters. The molecule has 0 spiro atoms. The van der Waals surface area contributed by atoms with Crippen molar-refractivity contribution in [3.05, 3.63) is 40.6 Å². The first-order chi connectivity index (χ1) is 14.1. The number of hydrogen-bond acceptors (Lipinski definition) is 6. The zero-order valence-corrected chi connectivity index (χ0v) is 17.8. The molecule has 0 atom stereocenters. The van der Waals surface area contributed by atoms with Crippen LogP contribution in [0.25, 0.3) is 0 Å². The number of carbonyl (C=O) groups is 2. The van der Waals surface area contributed by atoms with Gasteiger partial charge >= 0.3 is 0 Å². The minimum absolute atomic E-state index is 0.153. The molecule has 2 amide bonds. The summed E-state index contributed by atoms with van der Waals surface area (Å²) in [5.74, 6) is 0.351. The molecule has 0 bridgehead atoms. The van der Waals surface area contributed by atoms with Crippen molar-refractivity contribution in [1.82, 2.24) is 10.2 Å². The zero-order chi connectivity index (χ0) is 20.6. The molecule has 7 nitrogen and oxygen atoms in total. The average Bonchev–Trinajstić information content (AvgIpc) is 3.25. The fourth-order valence-corrected chi connectivity index (χ4v) is 3.79. The van der Waals surface area contributed by atoms with Crippen LogP contribution >= 0.6 is 11.3 Å². The molecule has 1 aromatic carbocycles.